The molecule has 2 heteroatoms. The minimum absolute atomic E-state index is 1.17. The van der Waals surface area contributed by atoms with Crippen LogP contribution in [0, 0.1) is 0 Å². The second-order valence-electron chi connectivity index (χ2n) is 9.50. The van der Waals surface area contributed by atoms with Gasteiger partial charge < -0.3 is 0 Å². The lowest BCUT2D eigenvalue weighted by molar-refractivity contribution is -0.176. The Kier molecular flexibility index (Phi) is 22.9. The molecule has 0 atom stereocenters. The Bertz CT molecular complexity index is 588. The first-order valence-electron chi connectivity index (χ1n) is 12.3. The molecule has 0 aliphatic heterocycles. The molecular weight excluding hydrogens is 392 g/mol. The maximum absolute atomic E-state index is 6.00. The molecule has 0 saturated heterocycles. The Morgan fingerprint density at radius 3 is 0.844 bits per heavy atom. The summed E-state index contributed by atoms with van der Waals surface area (Å²) < 4.78 is 0. The molecule has 0 spiro atoms. The monoisotopic (exact) mass is 444 g/mol. The molecule has 0 amide bonds. The van der Waals surface area contributed by atoms with Crippen molar-refractivity contribution >= 4 is 0 Å². The normalized spacial score (nSPS) is 12.8. The SMILES string of the molecule is CC(C)=CCCC(C)=CCCC(C)=CCCC=C(C)CCC=C(C)CCC=C(C)C.OO. The topological polar surface area (TPSA) is 40.5 Å². The van der Waals surface area contributed by atoms with Crippen LogP contribution in [0.15, 0.2) is 69.9 Å². The molecule has 0 aliphatic carbocycles. The standard InChI is InChI=1S/C30H50.H2O2/c1-25(2)15-11-19-29(7)23-13-21-27(5)17-9-10-18-28(6)22-14-24-30(8)20-12-16-26(3)4;1-2/h15-18,23-24H,9-14,19-22H2,1-8H3;1-2H. The number of hydrogen-bond acceptors (Lipinski definition) is 2. The Hall–Kier alpha value is -1.64. The average Bonchev–Trinajstić information content (AvgIpc) is 2.72. The van der Waals surface area contributed by atoms with E-state index in [1.165, 1.54) is 97.6 Å². The zero-order valence-corrected chi connectivity index (χ0v) is 22.4. The maximum Gasteiger partial charge on any atom is -0.0288 e. The van der Waals surface area contributed by atoms with Crippen molar-refractivity contribution in [2.45, 2.75) is 120 Å². The second kappa shape index (κ2) is 22.6. The van der Waals surface area contributed by atoms with Gasteiger partial charge in [0.05, 0.1) is 0 Å². The summed E-state index contributed by atoms with van der Waals surface area (Å²) in [6, 6.07) is 0. The lowest BCUT2D eigenvalue weighted by Crippen LogP contribution is -1.82. The summed E-state index contributed by atoms with van der Waals surface area (Å²) in [5.74, 6) is 0. The van der Waals surface area contributed by atoms with E-state index in [1.54, 1.807) is 0 Å². The number of allylic oxidation sites excluding steroid dienone is 12. The molecular formula is C30H52O2. The van der Waals surface area contributed by atoms with Gasteiger partial charge >= 0.3 is 0 Å². The molecule has 0 bridgehead atoms. The van der Waals surface area contributed by atoms with Crippen LogP contribution in [0.5, 0.6) is 0 Å². The minimum atomic E-state index is 1.17. The number of hydrogen-bond donors (Lipinski definition) is 2. The molecule has 0 fully saturated rings. The van der Waals surface area contributed by atoms with Gasteiger partial charge in [0.1, 0.15) is 0 Å². The molecule has 0 rings (SSSR count). The molecule has 184 valence electrons. The van der Waals surface area contributed by atoms with E-state index in [-0.39, 0.29) is 0 Å². The van der Waals surface area contributed by atoms with E-state index in [0.29, 0.717) is 0 Å². The molecule has 0 aromatic rings. The number of unbranched alkanes of at least 4 members (excludes halogenated alkanes) is 1. The van der Waals surface area contributed by atoms with Crippen molar-refractivity contribution in [2.75, 3.05) is 0 Å². The van der Waals surface area contributed by atoms with Gasteiger partial charge in [0, 0.05) is 0 Å². The van der Waals surface area contributed by atoms with E-state index in [9.17, 15) is 0 Å². The van der Waals surface area contributed by atoms with E-state index in [0.717, 1.165) is 0 Å². The fourth-order valence-electron chi connectivity index (χ4n) is 3.34. The first-order chi connectivity index (χ1) is 15.2. The highest BCUT2D eigenvalue weighted by Crippen LogP contribution is 2.14. The number of rotatable bonds is 15. The summed E-state index contributed by atoms with van der Waals surface area (Å²) in [5.41, 5.74) is 8.97. The van der Waals surface area contributed by atoms with Gasteiger partial charge in [0.2, 0.25) is 0 Å². The van der Waals surface area contributed by atoms with Crippen LogP contribution in [0.25, 0.3) is 0 Å². The van der Waals surface area contributed by atoms with Crippen molar-refractivity contribution in [1.29, 1.82) is 0 Å². The predicted molar refractivity (Wildman–Crippen MR) is 145 cm³/mol. The van der Waals surface area contributed by atoms with Crippen molar-refractivity contribution in [1.82, 2.24) is 0 Å². The molecule has 0 aromatic heterocycles. The predicted octanol–water partition coefficient (Wildman–Crippen LogP) is 10.6. The molecule has 2 nitrogen and oxygen atoms in total. The lowest BCUT2D eigenvalue weighted by atomic mass is 10.0. The van der Waals surface area contributed by atoms with Gasteiger partial charge in [-0.1, -0.05) is 69.9 Å². The van der Waals surface area contributed by atoms with Crippen molar-refractivity contribution in [3.8, 4) is 0 Å². The van der Waals surface area contributed by atoms with Crippen molar-refractivity contribution in [3.05, 3.63) is 69.9 Å². The summed E-state index contributed by atoms with van der Waals surface area (Å²) in [6.07, 6.45) is 26.2. The summed E-state index contributed by atoms with van der Waals surface area (Å²) in [4.78, 5) is 0. The lowest BCUT2D eigenvalue weighted by Gasteiger charge is -2.02. The van der Waals surface area contributed by atoms with Crippen molar-refractivity contribution in [3.63, 3.8) is 0 Å². The third-order valence-corrected chi connectivity index (χ3v) is 5.40. The van der Waals surface area contributed by atoms with Crippen LogP contribution in [0.4, 0.5) is 0 Å². The molecule has 0 aliphatic rings. The van der Waals surface area contributed by atoms with Crippen molar-refractivity contribution < 1.29 is 10.5 Å². The smallest absolute Gasteiger partial charge is 0.0288 e. The molecule has 2 N–H and O–H groups in total. The summed E-state index contributed by atoms with van der Waals surface area (Å²) in [7, 11) is 0. The highest BCUT2D eigenvalue weighted by molar-refractivity contribution is 5.08. The van der Waals surface area contributed by atoms with E-state index in [1.807, 2.05) is 0 Å². The van der Waals surface area contributed by atoms with Crippen molar-refractivity contribution in [2.24, 2.45) is 0 Å². The largest absolute Gasteiger partial charge is 0.255 e. The highest BCUT2D eigenvalue weighted by Gasteiger charge is 1.94. The average molecular weight is 445 g/mol. The Labute approximate surface area is 200 Å². The Morgan fingerprint density at radius 2 is 0.594 bits per heavy atom. The van der Waals surface area contributed by atoms with Gasteiger partial charge in [0.25, 0.3) is 0 Å². The van der Waals surface area contributed by atoms with Crippen LogP contribution < -0.4 is 0 Å². The minimum Gasteiger partial charge on any atom is -0.255 e. The van der Waals surface area contributed by atoms with Crippen LogP contribution in [0.3, 0.4) is 0 Å². The molecule has 32 heavy (non-hydrogen) atoms. The Morgan fingerprint density at radius 1 is 0.375 bits per heavy atom. The van der Waals surface area contributed by atoms with Gasteiger partial charge in [-0.25, -0.2) is 0 Å². The van der Waals surface area contributed by atoms with E-state index < -0.39 is 0 Å². The zero-order chi connectivity index (χ0) is 24.8. The summed E-state index contributed by atoms with van der Waals surface area (Å²) in [5, 5.41) is 12.0. The van der Waals surface area contributed by atoms with Gasteiger partial charge in [0.15, 0.2) is 0 Å². The van der Waals surface area contributed by atoms with Crippen LogP contribution in [-0.2, 0) is 0 Å². The van der Waals surface area contributed by atoms with E-state index in [2.05, 4.69) is 91.8 Å². The van der Waals surface area contributed by atoms with Gasteiger partial charge in [-0.05, 0) is 120 Å². The Balaban J connectivity index is 0. The zero-order valence-electron chi connectivity index (χ0n) is 22.4. The van der Waals surface area contributed by atoms with Gasteiger partial charge in [-0.15, -0.1) is 0 Å². The molecule has 0 radical (unpaired) electrons. The second-order valence-corrected chi connectivity index (χ2v) is 9.50. The molecule has 0 saturated carbocycles. The van der Waals surface area contributed by atoms with Crippen LogP contribution in [0.2, 0.25) is 0 Å². The molecule has 0 aromatic carbocycles. The summed E-state index contributed by atoms with van der Waals surface area (Å²) >= 11 is 0. The third-order valence-electron chi connectivity index (χ3n) is 5.40. The maximum atomic E-state index is 6.00. The van der Waals surface area contributed by atoms with Crippen LogP contribution in [0.1, 0.15) is 120 Å². The van der Waals surface area contributed by atoms with Crippen LogP contribution >= 0.6 is 0 Å². The summed E-state index contributed by atoms with van der Waals surface area (Å²) in [6.45, 7) is 17.8. The first kappa shape index (κ1) is 32.5. The molecule has 0 heterocycles. The van der Waals surface area contributed by atoms with E-state index >= 15 is 0 Å². The van der Waals surface area contributed by atoms with Gasteiger partial charge in [-0.2, -0.15) is 0 Å². The third kappa shape index (κ3) is 24.6. The fraction of sp³-hybridized carbons (Fsp3) is 0.600. The molecule has 0 unspecified atom stereocenters. The van der Waals surface area contributed by atoms with E-state index in [4.69, 9.17) is 10.5 Å². The highest BCUT2D eigenvalue weighted by atomic mass is 17.0. The quantitative estimate of drug-likeness (QED) is 0.114. The first-order valence-corrected chi connectivity index (χ1v) is 12.3. The van der Waals surface area contributed by atoms with Gasteiger partial charge in [-0.3, -0.25) is 10.5 Å². The fourth-order valence-corrected chi connectivity index (χ4v) is 3.34. The van der Waals surface area contributed by atoms with Crippen LogP contribution in [-0.4, -0.2) is 10.5 Å².